The number of hydrogen-bond acceptors (Lipinski definition) is 6. The molecule has 3 aromatic rings. The van der Waals surface area contributed by atoms with Crippen molar-refractivity contribution in [2.45, 2.75) is 11.1 Å². The maximum atomic E-state index is 12.5. The predicted molar refractivity (Wildman–Crippen MR) is 92.8 cm³/mol. The lowest BCUT2D eigenvalue weighted by molar-refractivity contribution is -0.159. The second-order valence-electron chi connectivity index (χ2n) is 5.36. The largest absolute Gasteiger partial charge is 0.496 e. The highest BCUT2D eigenvalue weighted by Gasteiger charge is 2.38. The van der Waals surface area contributed by atoms with E-state index in [9.17, 15) is 18.0 Å². The summed E-state index contributed by atoms with van der Waals surface area (Å²) in [5.74, 6) is -0.847. The summed E-state index contributed by atoms with van der Waals surface area (Å²) < 4.78 is 47.0. The van der Waals surface area contributed by atoms with Gasteiger partial charge in [0.2, 0.25) is 5.82 Å². The first-order valence-electron chi connectivity index (χ1n) is 7.69. The Morgan fingerprint density at radius 2 is 1.85 bits per heavy atom. The smallest absolute Gasteiger partial charge is 0.471 e. The van der Waals surface area contributed by atoms with E-state index in [2.05, 4.69) is 14.7 Å². The number of carbonyl (C=O) groups is 1. The van der Waals surface area contributed by atoms with Gasteiger partial charge < -0.3 is 9.26 Å². The SMILES string of the molecule is COc1ccccc1SCC(=O)c1ccc(-c2noc(C(F)(F)F)n2)cc1. The van der Waals surface area contributed by atoms with Crippen LogP contribution in [0.2, 0.25) is 0 Å². The quantitative estimate of drug-likeness (QED) is 0.445. The molecule has 0 N–H and O–H groups in total. The number of ketones is 1. The van der Waals surface area contributed by atoms with Gasteiger partial charge in [0, 0.05) is 16.0 Å². The fraction of sp³-hybridized carbons (Fsp3) is 0.167. The van der Waals surface area contributed by atoms with Crippen LogP contribution in [0, 0.1) is 0 Å². The number of rotatable bonds is 6. The van der Waals surface area contributed by atoms with Crippen molar-refractivity contribution in [2.75, 3.05) is 12.9 Å². The normalized spacial score (nSPS) is 11.4. The zero-order valence-electron chi connectivity index (χ0n) is 14.0. The minimum Gasteiger partial charge on any atom is -0.496 e. The fourth-order valence-corrected chi connectivity index (χ4v) is 3.15. The first-order valence-corrected chi connectivity index (χ1v) is 8.67. The molecule has 1 heterocycles. The van der Waals surface area contributed by atoms with E-state index in [1.807, 2.05) is 24.3 Å². The summed E-state index contributed by atoms with van der Waals surface area (Å²) in [4.78, 5) is 16.5. The molecule has 0 aliphatic carbocycles. The van der Waals surface area contributed by atoms with Crippen molar-refractivity contribution >= 4 is 17.5 Å². The molecule has 0 aliphatic rings. The van der Waals surface area contributed by atoms with Crippen LogP contribution >= 0.6 is 11.8 Å². The van der Waals surface area contributed by atoms with Crippen molar-refractivity contribution in [1.82, 2.24) is 10.1 Å². The van der Waals surface area contributed by atoms with Gasteiger partial charge in [-0.3, -0.25) is 4.79 Å². The monoisotopic (exact) mass is 394 g/mol. The number of nitrogens with zero attached hydrogens (tertiary/aromatic N) is 2. The van der Waals surface area contributed by atoms with E-state index in [-0.39, 0.29) is 17.4 Å². The molecule has 0 unspecified atom stereocenters. The van der Waals surface area contributed by atoms with Crippen LogP contribution in [-0.4, -0.2) is 28.8 Å². The van der Waals surface area contributed by atoms with Crippen LogP contribution in [-0.2, 0) is 6.18 Å². The number of benzene rings is 2. The standard InChI is InChI=1S/C18H13F3N2O3S/c1-25-14-4-2-3-5-15(14)27-10-13(24)11-6-8-12(9-7-11)16-22-17(26-23-16)18(19,20)21/h2-9H,10H2,1H3. The van der Waals surface area contributed by atoms with Gasteiger partial charge in [-0.1, -0.05) is 41.6 Å². The Morgan fingerprint density at radius 1 is 1.15 bits per heavy atom. The maximum absolute atomic E-state index is 12.5. The van der Waals surface area contributed by atoms with Crippen molar-refractivity contribution in [3.63, 3.8) is 0 Å². The van der Waals surface area contributed by atoms with Crippen LogP contribution in [0.4, 0.5) is 13.2 Å². The van der Waals surface area contributed by atoms with E-state index in [1.165, 1.54) is 36.0 Å². The van der Waals surface area contributed by atoms with Crippen LogP contribution in [0.15, 0.2) is 57.9 Å². The Kier molecular flexibility index (Phi) is 5.50. The predicted octanol–water partition coefficient (Wildman–Crippen LogP) is 4.74. The molecule has 0 radical (unpaired) electrons. The third-order valence-corrected chi connectivity index (χ3v) is 4.62. The van der Waals surface area contributed by atoms with Crippen molar-refractivity contribution < 1.29 is 27.2 Å². The van der Waals surface area contributed by atoms with Crippen LogP contribution < -0.4 is 4.74 Å². The molecule has 27 heavy (non-hydrogen) atoms. The van der Waals surface area contributed by atoms with Gasteiger partial charge in [-0.25, -0.2) is 0 Å². The molecule has 0 saturated heterocycles. The minimum absolute atomic E-state index is 0.124. The zero-order valence-corrected chi connectivity index (χ0v) is 14.8. The number of methoxy groups -OCH3 is 1. The first-order chi connectivity index (χ1) is 12.9. The van der Waals surface area contributed by atoms with Crippen LogP contribution in [0.25, 0.3) is 11.4 Å². The number of alkyl halides is 3. The van der Waals surface area contributed by atoms with E-state index in [4.69, 9.17) is 4.74 Å². The third kappa shape index (κ3) is 4.48. The maximum Gasteiger partial charge on any atom is 0.471 e. The average molecular weight is 394 g/mol. The van der Waals surface area contributed by atoms with Crippen molar-refractivity contribution in [1.29, 1.82) is 0 Å². The van der Waals surface area contributed by atoms with Gasteiger partial charge >= 0.3 is 12.1 Å². The van der Waals surface area contributed by atoms with Gasteiger partial charge in [0.15, 0.2) is 5.78 Å². The number of para-hydroxylation sites is 1. The van der Waals surface area contributed by atoms with Crippen LogP contribution in [0.1, 0.15) is 16.2 Å². The molecule has 0 fully saturated rings. The number of thioether (sulfide) groups is 1. The second kappa shape index (κ2) is 7.83. The fourth-order valence-electron chi connectivity index (χ4n) is 2.23. The summed E-state index contributed by atoms with van der Waals surface area (Å²) >= 11 is 1.34. The number of ether oxygens (including phenoxy) is 1. The number of hydrogen-bond donors (Lipinski definition) is 0. The molecule has 0 bridgehead atoms. The molecular formula is C18H13F3N2O3S. The number of carbonyl (C=O) groups excluding carboxylic acids is 1. The Labute approximate surface area is 156 Å². The van der Waals surface area contributed by atoms with Crippen LogP contribution in [0.5, 0.6) is 5.75 Å². The van der Waals surface area contributed by atoms with Crippen molar-refractivity contribution in [2.24, 2.45) is 0 Å². The van der Waals surface area contributed by atoms with Gasteiger partial charge in [0.05, 0.1) is 12.9 Å². The molecule has 1 aromatic heterocycles. The first kappa shape index (κ1) is 19.0. The molecule has 0 spiro atoms. The van der Waals surface area contributed by atoms with E-state index >= 15 is 0 Å². The van der Waals surface area contributed by atoms with Crippen molar-refractivity contribution in [3.8, 4) is 17.1 Å². The van der Waals surface area contributed by atoms with E-state index < -0.39 is 12.1 Å². The van der Waals surface area contributed by atoms with Crippen molar-refractivity contribution in [3.05, 3.63) is 60.0 Å². The average Bonchev–Trinajstić information content (AvgIpc) is 3.17. The lowest BCUT2D eigenvalue weighted by Crippen LogP contribution is -2.05. The Balaban J connectivity index is 1.68. The second-order valence-corrected chi connectivity index (χ2v) is 6.38. The molecule has 5 nitrogen and oxygen atoms in total. The molecular weight excluding hydrogens is 381 g/mol. The Bertz CT molecular complexity index is 940. The highest BCUT2D eigenvalue weighted by Crippen LogP contribution is 2.30. The molecule has 0 atom stereocenters. The molecule has 9 heteroatoms. The van der Waals surface area contributed by atoms with Gasteiger partial charge in [-0.05, 0) is 12.1 Å². The minimum atomic E-state index is -4.70. The lowest BCUT2D eigenvalue weighted by atomic mass is 10.1. The zero-order chi connectivity index (χ0) is 19.4. The highest BCUT2D eigenvalue weighted by atomic mass is 32.2. The van der Waals surface area contributed by atoms with Gasteiger partial charge in [-0.2, -0.15) is 18.2 Å². The molecule has 0 aliphatic heterocycles. The lowest BCUT2D eigenvalue weighted by Gasteiger charge is -2.07. The summed E-state index contributed by atoms with van der Waals surface area (Å²) in [6.45, 7) is 0. The molecule has 0 amide bonds. The molecule has 140 valence electrons. The van der Waals surface area contributed by atoms with E-state index in [0.717, 1.165) is 4.90 Å². The summed E-state index contributed by atoms with van der Waals surface area (Å²) in [5.41, 5.74) is 0.754. The van der Waals surface area contributed by atoms with E-state index in [0.29, 0.717) is 16.9 Å². The van der Waals surface area contributed by atoms with E-state index in [1.54, 1.807) is 7.11 Å². The number of Topliss-reactive ketones (excluding diaryl/α,β-unsaturated/α-hetero) is 1. The summed E-state index contributed by atoms with van der Waals surface area (Å²) in [6, 6.07) is 13.3. The number of halogens is 3. The van der Waals surface area contributed by atoms with Crippen LogP contribution in [0.3, 0.4) is 0 Å². The number of aromatic nitrogens is 2. The summed E-state index contributed by atoms with van der Waals surface area (Å²) in [6.07, 6.45) is -4.70. The molecule has 2 aromatic carbocycles. The van der Waals surface area contributed by atoms with Gasteiger partial charge in [0.25, 0.3) is 0 Å². The van der Waals surface area contributed by atoms with Gasteiger partial charge in [0.1, 0.15) is 5.75 Å². The van der Waals surface area contributed by atoms with Gasteiger partial charge in [-0.15, -0.1) is 11.8 Å². The summed E-state index contributed by atoms with van der Waals surface area (Å²) in [5, 5.41) is 3.31. The molecule has 3 rings (SSSR count). The Hall–Kier alpha value is -2.81. The topological polar surface area (TPSA) is 65.2 Å². The summed E-state index contributed by atoms with van der Waals surface area (Å²) in [7, 11) is 1.56. The molecule has 0 saturated carbocycles. The Morgan fingerprint density at radius 3 is 2.48 bits per heavy atom. The highest BCUT2D eigenvalue weighted by molar-refractivity contribution is 8.00. The third-order valence-electron chi connectivity index (χ3n) is 3.56.